The molecule has 7 heteroatoms. The second-order valence-corrected chi connectivity index (χ2v) is 7.46. The van der Waals surface area contributed by atoms with Gasteiger partial charge in [0.2, 0.25) is 5.78 Å². The lowest BCUT2D eigenvalue weighted by Crippen LogP contribution is -2.15. The maximum Gasteiger partial charge on any atom is 0.306 e. The van der Waals surface area contributed by atoms with Gasteiger partial charge in [0.25, 0.3) is 0 Å². The number of fused-ring (bicyclic) bond motifs is 1. The molecule has 2 aromatic heterocycles. The highest BCUT2D eigenvalue weighted by molar-refractivity contribution is 7.18. The SMILES string of the molecule is CC(=O)c1c(C)[nH]c(C(=O)COC(=O)CCc2nc3ccccc3s2)c1C. The van der Waals surface area contributed by atoms with Crippen LogP contribution in [0.15, 0.2) is 24.3 Å². The number of hydrogen-bond donors (Lipinski definition) is 1. The Kier molecular flexibility index (Phi) is 5.51. The maximum atomic E-state index is 12.3. The van der Waals surface area contributed by atoms with Gasteiger partial charge in [-0.3, -0.25) is 14.4 Å². The van der Waals surface area contributed by atoms with E-state index in [1.165, 1.54) is 6.92 Å². The first-order chi connectivity index (χ1) is 12.9. The number of rotatable bonds is 7. The molecular formula is C20H20N2O4S. The van der Waals surface area contributed by atoms with E-state index in [2.05, 4.69) is 9.97 Å². The van der Waals surface area contributed by atoms with E-state index in [0.717, 1.165) is 15.2 Å². The number of aromatic amines is 1. The lowest BCUT2D eigenvalue weighted by Gasteiger charge is -2.04. The number of nitrogens with zero attached hydrogens (tertiary/aromatic N) is 1. The highest BCUT2D eigenvalue weighted by Gasteiger charge is 2.20. The van der Waals surface area contributed by atoms with E-state index in [0.29, 0.717) is 28.9 Å². The molecule has 140 valence electrons. The number of ketones is 2. The van der Waals surface area contributed by atoms with E-state index in [1.54, 1.807) is 25.2 Å². The minimum Gasteiger partial charge on any atom is -0.457 e. The van der Waals surface area contributed by atoms with E-state index < -0.39 is 5.97 Å². The van der Waals surface area contributed by atoms with Crippen molar-refractivity contribution < 1.29 is 19.1 Å². The van der Waals surface area contributed by atoms with Gasteiger partial charge in [0.15, 0.2) is 12.4 Å². The van der Waals surface area contributed by atoms with Gasteiger partial charge in [-0.05, 0) is 38.5 Å². The molecule has 6 nitrogen and oxygen atoms in total. The molecule has 0 aliphatic carbocycles. The zero-order valence-corrected chi connectivity index (χ0v) is 16.2. The molecular weight excluding hydrogens is 364 g/mol. The Morgan fingerprint density at radius 3 is 2.59 bits per heavy atom. The molecule has 1 N–H and O–H groups in total. The molecule has 2 heterocycles. The predicted octanol–water partition coefficient (Wildman–Crippen LogP) is 3.80. The number of aryl methyl sites for hydroxylation is 2. The largest absolute Gasteiger partial charge is 0.457 e. The van der Waals surface area contributed by atoms with Crippen LogP contribution in [0.3, 0.4) is 0 Å². The highest BCUT2D eigenvalue weighted by Crippen LogP contribution is 2.22. The predicted molar refractivity (Wildman–Crippen MR) is 104 cm³/mol. The number of para-hydroxylation sites is 1. The van der Waals surface area contributed by atoms with Crippen LogP contribution in [0.5, 0.6) is 0 Å². The number of H-pyrrole nitrogens is 1. The van der Waals surface area contributed by atoms with Gasteiger partial charge in [-0.15, -0.1) is 11.3 Å². The normalized spacial score (nSPS) is 10.9. The van der Waals surface area contributed by atoms with E-state index in [4.69, 9.17) is 4.74 Å². The third kappa shape index (κ3) is 4.14. The molecule has 0 radical (unpaired) electrons. The first-order valence-electron chi connectivity index (χ1n) is 8.60. The Hall–Kier alpha value is -2.80. The number of carbonyl (C=O) groups excluding carboxylic acids is 3. The molecule has 0 saturated heterocycles. The Labute approximate surface area is 160 Å². The summed E-state index contributed by atoms with van der Waals surface area (Å²) >= 11 is 1.55. The topological polar surface area (TPSA) is 89.1 Å². The van der Waals surface area contributed by atoms with Gasteiger partial charge in [-0.1, -0.05) is 12.1 Å². The summed E-state index contributed by atoms with van der Waals surface area (Å²) in [4.78, 5) is 43.3. The fraction of sp³-hybridized carbons (Fsp3) is 0.300. The van der Waals surface area contributed by atoms with Gasteiger partial charge in [0.1, 0.15) is 0 Å². The Morgan fingerprint density at radius 2 is 1.93 bits per heavy atom. The fourth-order valence-electron chi connectivity index (χ4n) is 3.08. The van der Waals surface area contributed by atoms with Crippen LogP contribution in [-0.2, 0) is 16.0 Å². The molecule has 3 aromatic rings. The molecule has 0 atom stereocenters. The number of nitrogens with one attached hydrogen (secondary N) is 1. The lowest BCUT2D eigenvalue weighted by atomic mass is 10.1. The van der Waals surface area contributed by atoms with Crippen molar-refractivity contribution in [2.45, 2.75) is 33.6 Å². The van der Waals surface area contributed by atoms with Crippen LogP contribution < -0.4 is 0 Å². The van der Waals surface area contributed by atoms with Gasteiger partial charge >= 0.3 is 5.97 Å². The molecule has 0 aliphatic heterocycles. The number of aromatic nitrogens is 2. The summed E-state index contributed by atoms with van der Waals surface area (Å²) in [5, 5.41) is 0.862. The fourth-order valence-corrected chi connectivity index (χ4v) is 4.05. The number of esters is 1. The molecule has 0 aliphatic rings. The zero-order valence-electron chi connectivity index (χ0n) is 15.4. The van der Waals surface area contributed by atoms with E-state index in [-0.39, 0.29) is 24.6 Å². The van der Waals surface area contributed by atoms with Crippen molar-refractivity contribution in [1.82, 2.24) is 9.97 Å². The molecule has 1 aromatic carbocycles. The van der Waals surface area contributed by atoms with Gasteiger partial charge in [0, 0.05) is 17.7 Å². The molecule has 0 unspecified atom stereocenters. The molecule has 3 rings (SSSR count). The maximum absolute atomic E-state index is 12.3. The molecule has 0 spiro atoms. The number of thiazole rings is 1. The van der Waals surface area contributed by atoms with Crippen molar-refractivity contribution in [3.05, 3.63) is 51.8 Å². The van der Waals surface area contributed by atoms with Crippen molar-refractivity contribution in [3.63, 3.8) is 0 Å². The minimum atomic E-state index is -0.449. The minimum absolute atomic E-state index is 0.104. The van der Waals surface area contributed by atoms with Crippen molar-refractivity contribution in [2.75, 3.05) is 6.61 Å². The van der Waals surface area contributed by atoms with E-state index in [9.17, 15) is 14.4 Å². The Balaban J connectivity index is 1.55. The second kappa shape index (κ2) is 7.84. The number of Topliss-reactive ketones (excluding diaryl/α,β-unsaturated/α-hetero) is 2. The highest BCUT2D eigenvalue weighted by atomic mass is 32.1. The number of hydrogen-bond acceptors (Lipinski definition) is 6. The third-order valence-corrected chi connectivity index (χ3v) is 5.41. The van der Waals surface area contributed by atoms with Gasteiger partial charge in [-0.2, -0.15) is 0 Å². The van der Waals surface area contributed by atoms with Crippen LogP contribution in [0.2, 0.25) is 0 Å². The first-order valence-corrected chi connectivity index (χ1v) is 9.42. The van der Waals surface area contributed by atoms with E-state index >= 15 is 0 Å². The Morgan fingerprint density at radius 1 is 1.19 bits per heavy atom. The average Bonchev–Trinajstić information content (AvgIpc) is 3.17. The van der Waals surface area contributed by atoms with Crippen LogP contribution in [0.4, 0.5) is 0 Å². The smallest absolute Gasteiger partial charge is 0.306 e. The van der Waals surface area contributed by atoms with Crippen molar-refractivity contribution >= 4 is 39.1 Å². The third-order valence-electron chi connectivity index (χ3n) is 4.31. The summed E-state index contributed by atoms with van der Waals surface area (Å²) in [6.45, 7) is 4.56. The van der Waals surface area contributed by atoms with Gasteiger partial charge in [-0.25, -0.2) is 4.98 Å². The Bertz CT molecular complexity index is 999. The molecule has 27 heavy (non-hydrogen) atoms. The number of carbonyl (C=O) groups is 3. The van der Waals surface area contributed by atoms with Crippen LogP contribution in [0.25, 0.3) is 10.2 Å². The quantitative estimate of drug-likeness (QED) is 0.494. The number of benzene rings is 1. The summed E-state index contributed by atoms with van der Waals surface area (Å²) < 4.78 is 6.18. The van der Waals surface area contributed by atoms with Crippen LogP contribution in [0, 0.1) is 13.8 Å². The van der Waals surface area contributed by atoms with Crippen molar-refractivity contribution in [2.24, 2.45) is 0 Å². The average molecular weight is 384 g/mol. The molecule has 0 saturated carbocycles. The summed E-state index contributed by atoms with van der Waals surface area (Å²) in [7, 11) is 0. The molecule has 0 bridgehead atoms. The van der Waals surface area contributed by atoms with Gasteiger partial charge < -0.3 is 9.72 Å². The van der Waals surface area contributed by atoms with Crippen LogP contribution in [0.1, 0.15) is 50.5 Å². The summed E-state index contributed by atoms with van der Waals surface area (Å²) in [5.74, 6) is -0.903. The van der Waals surface area contributed by atoms with Crippen LogP contribution in [-0.4, -0.2) is 34.1 Å². The summed E-state index contributed by atoms with van der Waals surface area (Å²) in [6.07, 6.45) is 0.635. The van der Waals surface area contributed by atoms with Gasteiger partial charge in [0.05, 0.1) is 27.3 Å². The second-order valence-electron chi connectivity index (χ2n) is 6.34. The van der Waals surface area contributed by atoms with Crippen LogP contribution >= 0.6 is 11.3 Å². The number of ether oxygens (including phenoxy) is 1. The molecule has 0 fully saturated rings. The monoisotopic (exact) mass is 384 g/mol. The standard InChI is InChI=1S/C20H20N2O4S/c1-11-19(13(3)23)12(2)21-20(11)15(24)10-26-18(25)9-8-17-22-14-6-4-5-7-16(14)27-17/h4-7,21H,8-10H2,1-3H3. The first kappa shape index (κ1) is 19.0. The van der Waals surface area contributed by atoms with Crippen molar-refractivity contribution in [1.29, 1.82) is 0 Å². The zero-order chi connectivity index (χ0) is 19.6. The van der Waals surface area contributed by atoms with Crippen molar-refractivity contribution in [3.8, 4) is 0 Å². The summed E-state index contributed by atoms with van der Waals surface area (Å²) in [5.41, 5.74) is 2.98. The molecule has 0 amide bonds. The lowest BCUT2D eigenvalue weighted by molar-refractivity contribution is -0.142. The summed E-state index contributed by atoms with van der Waals surface area (Å²) in [6, 6.07) is 7.80. The van der Waals surface area contributed by atoms with E-state index in [1.807, 2.05) is 24.3 Å².